The summed E-state index contributed by atoms with van der Waals surface area (Å²) in [7, 11) is 0. The third-order valence-electron chi connectivity index (χ3n) is 4.84. The summed E-state index contributed by atoms with van der Waals surface area (Å²) in [5.41, 5.74) is 10.8. The van der Waals surface area contributed by atoms with Crippen molar-refractivity contribution in [2.45, 2.75) is 52.9 Å². The second-order valence-electron chi connectivity index (χ2n) is 6.49. The molecule has 0 aliphatic heterocycles. The molecule has 1 aliphatic rings. The lowest BCUT2D eigenvalue weighted by molar-refractivity contribution is 0.163. The van der Waals surface area contributed by atoms with Gasteiger partial charge in [-0.1, -0.05) is 43.5 Å². The summed E-state index contributed by atoms with van der Waals surface area (Å²) < 4.78 is 0. The van der Waals surface area contributed by atoms with Crippen LogP contribution in [0.25, 0.3) is 0 Å². The zero-order chi connectivity index (χ0) is 13.2. The van der Waals surface area contributed by atoms with Crippen molar-refractivity contribution in [2.24, 2.45) is 17.1 Å². The molecule has 2 N–H and O–H groups in total. The van der Waals surface area contributed by atoms with Gasteiger partial charge in [-0.25, -0.2) is 0 Å². The summed E-state index contributed by atoms with van der Waals surface area (Å²) in [6.45, 7) is 7.62. The smallest absolute Gasteiger partial charge is 0.00173 e. The fourth-order valence-electron chi connectivity index (χ4n) is 3.22. The lowest BCUT2D eigenvalue weighted by Gasteiger charge is -2.39. The van der Waals surface area contributed by atoms with Gasteiger partial charge in [-0.05, 0) is 62.1 Å². The maximum absolute atomic E-state index is 6.12. The molecule has 1 fully saturated rings. The van der Waals surface area contributed by atoms with Gasteiger partial charge in [-0.3, -0.25) is 0 Å². The fourth-order valence-corrected chi connectivity index (χ4v) is 3.22. The quantitative estimate of drug-likeness (QED) is 0.855. The van der Waals surface area contributed by atoms with Crippen molar-refractivity contribution in [3.63, 3.8) is 0 Å². The molecule has 2 rings (SSSR count). The lowest BCUT2D eigenvalue weighted by atomic mass is 9.67. The third kappa shape index (κ3) is 2.95. The van der Waals surface area contributed by atoms with Crippen LogP contribution in [0.15, 0.2) is 18.2 Å². The van der Waals surface area contributed by atoms with E-state index in [1.807, 2.05) is 0 Å². The zero-order valence-electron chi connectivity index (χ0n) is 12.1. The summed E-state index contributed by atoms with van der Waals surface area (Å²) in [4.78, 5) is 0. The van der Waals surface area contributed by atoms with Gasteiger partial charge < -0.3 is 5.73 Å². The van der Waals surface area contributed by atoms with Crippen LogP contribution in [0.2, 0.25) is 0 Å². The van der Waals surface area contributed by atoms with Gasteiger partial charge in [0.2, 0.25) is 0 Å². The van der Waals surface area contributed by atoms with Crippen LogP contribution in [-0.4, -0.2) is 6.54 Å². The topological polar surface area (TPSA) is 26.0 Å². The van der Waals surface area contributed by atoms with Gasteiger partial charge in [-0.15, -0.1) is 0 Å². The summed E-state index contributed by atoms with van der Waals surface area (Å²) in [6, 6.07) is 6.81. The number of nitrogens with two attached hydrogens (primary N) is 1. The van der Waals surface area contributed by atoms with Gasteiger partial charge in [0.15, 0.2) is 0 Å². The highest BCUT2D eigenvalue weighted by Gasteiger charge is 2.33. The SMILES string of the molecule is Cc1ccc(C)c(CC2(CN)CCC(C)CC2)c1. The van der Waals surface area contributed by atoms with Crippen LogP contribution in [0.5, 0.6) is 0 Å². The Balaban J connectivity index is 2.17. The first-order chi connectivity index (χ1) is 8.54. The van der Waals surface area contributed by atoms with E-state index >= 15 is 0 Å². The van der Waals surface area contributed by atoms with Crippen LogP contribution >= 0.6 is 0 Å². The lowest BCUT2D eigenvalue weighted by Crippen LogP contribution is -2.36. The fraction of sp³-hybridized carbons (Fsp3) is 0.647. The van der Waals surface area contributed by atoms with E-state index in [9.17, 15) is 0 Å². The molecule has 0 radical (unpaired) electrons. The Bertz CT molecular complexity index is 400. The molecule has 1 saturated carbocycles. The molecule has 1 aliphatic carbocycles. The highest BCUT2D eigenvalue weighted by molar-refractivity contribution is 5.31. The van der Waals surface area contributed by atoms with Gasteiger partial charge in [0.1, 0.15) is 0 Å². The normalized spacial score (nSPS) is 28.3. The Kier molecular flexibility index (Phi) is 4.11. The van der Waals surface area contributed by atoms with Crippen molar-refractivity contribution in [3.8, 4) is 0 Å². The molecule has 0 amide bonds. The van der Waals surface area contributed by atoms with Crippen LogP contribution in [0.3, 0.4) is 0 Å². The minimum atomic E-state index is 0.366. The molecular formula is C17H27N. The highest BCUT2D eigenvalue weighted by Crippen LogP contribution is 2.41. The average Bonchev–Trinajstić information content (AvgIpc) is 2.37. The molecule has 0 unspecified atom stereocenters. The number of rotatable bonds is 3. The molecule has 0 bridgehead atoms. The van der Waals surface area contributed by atoms with Crippen LogP contribution in [-0.2, 0) is 6.42 Å². The Morgan fingerprint density at radius 3 is 2.50 bits per heavy atom. The van der Waals surface area contributed by atoms with E-state index < -0.39 is 0 Å². The van der Waals surface area contributed by atoms with Crippen LogP contribution in [0.1, 0.15) is 49.3 Å². The van der Waals surface area contributed by atoms with Crippen LogP contribution in [0.4, 0.5) is 0 Å². The van der Waals surface area contributed by atoms with E-state index in [4.69, 9.17) is 5.73 Å². The summed E-state index contributed by atoms with van der Waals surface area (Å²) in [5.74, 6) is 0.892. The second-order valence-corrected chi connectivity index (χ2v) is 6.49. The molecule has 1 heteroatoms. The zero-order valence-corrected chi connectivity index (χ0v) is 12.1. The number of hydrogen-bond donors (Lipinski definition) is 1. The standard InChI is InChI=1S/C17H27N/c1-13-6-8-17(12-18,9-7-13)11-16-10-14(2)4-5-15(16)3/h4-5,10,13H,6-9,11-12,18H2,1-3H3. The molecular weight excluding hydrogens is 218 g/mol. The van der Waals surface area contributed by atoms with E-state index in [-0.39, 0.29) is 0 Å². The van der Waals surface area contributed by atoms with Crippen molar-refractivity contribution in [2.75, 3.05) is 6.54 Å². The van der Waals surface area contributed by atoms with E-state index in [0.29, 0.717) is 5.41 Å². The predicted molar refractivity (Wildman–Crippen MR) is 78.7 cm³/mol. The van der Waals surface area contributed by atoms with Crippen LogP contribution < -0.4 is 5.73 Å². The molecule has 100 valence electrons. The van der Waals surface area contributed by atoms with E-state index in [2.05, 4.69) is 39.0 Å². The third-order valence-corrected chi connectivity index (χ3v) is 4.84. The Hall–Kier alpha value is -0.820. The van der Waals surface area contributed by atoms with Gasteiger partial charge in [0.25, 0.3) is 0 Å². The van der Waals surface area contributed by atoms with Crippen molar-refractivity contribution in [1.29, 1.82) is 0 Å². The Labute approximate surface area is 112 Å². The maximum atomic E-state index is 6.12. The molecule has 1 aromatic carbocycles. The average molecular weight is 245 g/mol. The number of benzene rings is 1. The first kappa shape index (κ1) is 13.6. The summed E-state index contributed by atoms with van der Waals surface area (Å²) >= 11 is 0. The Morgan fingerprint density at radius 1 is 1.22 bits per heavy atom. The number of aryl methyl sites for hydroxylation is 2. The second kappa shape index (κ2) is 5.44. The van der Waals surface area contributed by atoms with Gasteiger partial charge in [0, 0.05) is 0 Å². The van der Waals surface area contributed by atoms with E-state index in [1.54, 1.807) is 0 Å². The van der Waals surface area contributed by atoms with E-state index in [0.717, 1.165) is 12.5 Å². The van der Waals surface area contributed by atoms with Gasteiger partial charge in [0.05, 0.1) is 0 Å². The molecule has 0 spiro atoms. The summed E-state index contributed by atoms with van der Waals surface area (Å²) in [6.07, 6.45) is 6.48. The molecule has 0 atom stereocenters. The minimum Gasteiger partial charge on any atom is -0.330 e. The van der Waals surface area contributed by atoms with Gasteiger partial charge in [-0.2, -0.15) is 0 Å². The van der Waals surface area contributed by atoms with Crippen molar-refractivity contribution >= 4 is 0 Å². The van der Waals surface area contributed by atoms with Crippen molar-refractivity contribution < 1.29 is 0 Å². The first-order valence-electron chi connectivity index (χ1n) is 7.31. The monoisotopic (exact) mass is 245 g/mol. The largest absolute Gasteiger partial charge is 0.330 e. The van der Waals surface area contributed by atoms with E-state index in [1.165, 1.54) is 48.8 Å². The highest BCUT2D eigenvalue weighted by atomic mass is 14.6. The summed E-state index contributed by atoms with van der Waals surface area (Å²) in [5, 5.41) is 0. The molecule has 0 aromatic heterocycles. The molecule has 18 heavy (non-hydrogen) atoms. The molecule has 0 heterocycles. The van der Waals surface area contributed by atoms with Crippen molar-refractivity contribution in [3.05, 3.63) is 34.9 Å². The van der Waals surface area contributed by atoms with Crippen molar-refractivity contribution in [1.82, 2.24) is 0 Å². The Morgan fingerprint density at radius 2 is 1.89 bits per heavy atom. The first-order valence-corrected chi connectivity index (χ1v) is 7.31. The molecule has 1 nitrogen and oxygen atoms in total. The van der Waals surface area contributed by atoms with Crippen LogP contribution in [0, 0.1) is 25.2 Å². The molecule has 1 aromatic rings. The van der Waals surface area contributed by atoms with Gasteiger partial charge >= 0.3 is 0 Å². The molecule has 0 saturated heterocycles. The number of hydrogen-bond acceptors (Lipinski definition) is 1. The predicted octanol–water partition coefficient (Wildman–Crippen LogP) is 4.00. The maximum Gasteiger partial charge on any atom is -0.00173 e. The minimum absolute atomic E-state index is 0.366.